The van der Waals surface area contributed by atoms with E-state index in [2.05, 4.69) is 35.6 Å². The summed E-state index contributed by atoms with van der Waals surface area (Å²) in [6.45, 7) is 2.67. The van der Waals surface area contributed by atoms with Crippen molar-refractivity contribution >= 4 is 22.6 Å². The molecular formula is C12H16INO. The summed E-state index contributed by atoms with van der Waals surface area (Å²) in [4.78, 5) is 0. The van der Waals surface area contributed by atoms with Gasteiger partial charge in [-0.2, -0.15) is 0 Å². The van der Waals surface area contributed by atoms with E-state index in [1.165, 1.54) is 24.0 Å². The van der Waals surface area contributed by atoms with Crippen LogP contribution >= 0.6 is 22.6 Å². The summed E-state index contributed by atoms with van der Waals surface area (Å²) >= 11 is 2.18. The van der Waals surface area contributed by atoms with Gasteiger partial charge in [0.25, 0.3) is 0 Å². The summed E-state index contributed by atoms with van der Waals surface area (Å²) in [5.41, 5.74) is 9.40. The number of aromatic hydroxyl groups is 1. The molecule has 0 spiro atoms. The van der Waals surface area contributed by atoms with Crippen LogP contribution in [-0.4, -0.2) is 5.11 Å². The number of aryl methyl sites for hydroxylation is 1. The van der Waals surface area contributed by atoms with Crippen molar-refractivity contribution < 1.29 is 5.11 Å². The average molecular weight is 317 g/mol. The quantitative estimate of drug-likeness (QED) is 0.783. The molecule has 1 unspecified atom stereocenters. The lowest BCUT2D eigenvalue weighted by Crippen LogP contribution is -2.13. The van der Waals surface area contributed by atoms with Crippen LogP contribution < -0.4 is 5.73 Å². The fourth-order valence-corrected chi connectivity index (χ4v) is 3.24. The van der Waals surface area contributed by atoms with Crippen LogP contribution in [0.15, 0.2) is 6.07 Å². The highest BCUT2D eigenvalue weighted by Gasteiger charge is 2.22. The van der Waals surface area contributed by atoms with Crippen LogP contribution in [-0.2, 0) is 13.0 Å². The van der Waals surface area contributed by atoms with E-state index >= 15 is 0 Å². The number of hydrogen-bond acceptors (Lipinski definition) is 2. The molecule has 3 N–H and O–H groups in total. The minimum atomic E-state index is 0.394. The molecule has 2 nitrogen and oxygen atoms in total. The second-order valence-corrected chi connectivity index (χ2v) is 5.42. The van der Waals surface area contributed by atoms with Crippen molar-refractivity contribution in [3.63, 3.8) is 0 Å². The van der Waals surface area contributed by atoms with Gasteiger partial charge in [0.2, 0.25) is 0 Å². The first-order valence-electron chi connectivity index (χ1n) is 5.38. The van der Waals surface area contributed by atoms with Crippen LogP contribution in [0.3, 0.4) is 0 Å². The van der Waals surface area contributed by atoms with E-state index in [4.69, 9.17) is 5.73 Å². The molecule has 82 valence electrons. The first kappa shape index (κ1) is 11.2. The van der Waals surface area contributed by atoms with Gasteiger partial charge in [-0.25, -0.2) is 0 Å². The molecule has 0 radical (unpaired) electrons. The van der Waals surface area contributed by atoms with Gasteiger partial charge in [-0.15, -0.1) is 0 Å². The first-order chi connectivity index (χ1) is 7.15. The van der Waals surface area contributed by atoms with Crippen molar-refractivity contribution in [2.24, 2.45) is 5.73 Å². The molecule has 1 aliphatic carbocycles. The minimum absolute atomic E-state index is 0.394. The lowest BCUT2D eigenvalue weighted by molar-refractivity contribution is 0.458. The lowest BCUT2D eigenvalue weighted by Gasteiger charge is -2.26. The van der Waals surface area contributed by atoms with Crippen LogP contribution in [0.2, 0.25) is 0 Å². The maximum absolute atomic E-state index is 9.98. The molecule has 1 aliphatic rings. The minimum Gasteiger partial charge on any atom is -0.506 e. The Balaban J connectivity index is 2.65. The van der Waals surface area contributed by atoms with E-state index in [1.807, 2.05) is 0 Å². The van der Waals surface area contributed by atoms with E-state index in [-0.39, 0.29) is 0 Å². The number of hydrogen-bond donors (Lipinski definition) is 2. The summed E-state index contributed by atoms with van der Waals surface area (Å²) in [6, 6.07) is 2.11. The molecule has 2 rings (SSSR count). The van der Waals surface area contributed by atoms with Crippen molar-refractivity contribution in [3.8, 4) is 5.75 Å². The molecule has 15 heavy (non-hydrogen) atoms. The van der Waals surface area contributed by atoms with Gasteiger partial charge in [0, 0.05) is 12.1 Å². The largest absolute Gasteiger partial charge is 0.506 e. The molecule has 0 amide bonds. The predicted molar refractivity (Wildman–Crippen MR) is 70.1 cm³/mol. The van der Waals surface area contributed by atoms with Crippen LogP contribution in [0.4, 0.5) is 0 Å². The maximum atomic E-state index is 9.98. The van der Waals surface area contributed by atoms with E-state index in [0.29, 0.717) is 18.2 Å². The molecule has 1 atom stereocenters. The summed E-state index contributed by atoms with van der Waals surface area (Å²) < 4.78 is 0.931. The summed E-state index contributed by atoms with van der Waals surface area (Å²) in [5, 5.41) is 9.98. The average Bonchev–Trinajstić information content (AvgIpc) is 2.21. The highest BCUT2D eigenvalue weighted by atomic mass is 127. The van der Waals surface area contributed by atoms with Gasteiger partial charge in [-0.1, -0.05) is 6.92 Å². The van der Waals surface area contributed by atoms with Crippen LogP contribution in [0.1, 0.15) is 42.4 Å². The second-order valence-electron chi connectivity index (χ2n) is 4.26. The predicted octanol–water partition coefficient (Wildman–Crippen LogP) is 2.90. The Bertz CT molecular complexity index is 390. The Morgan fingerprint density at radius 2 is 2.33 bits per heavy atom. The van der Waals surface area contributed by atoms with E-state index in [9.17, 15) is 5.11 Å². The van der Waals surface area contributed by atoms with Crippen molar-refractivity contribution in [1.82, 2.24) is 0 Å². The highest BCUT2D eigenvalue weighted by Crippen LogP contribution is 2.39. The van der Waals surface area contributed by atoms with Gasteiger partial charge in [-0.3, -0.25) is 0 Å². The molecule has 0 aromatic heterocycles. The fourth-order valence-electron chi connectivity index (χ4n) is 2.54. The monoisotopic (exact) mass is 317 g/mol. The summed E-state index contributed by atoms with van der Waals surface area (Å²) in [7, 11) is 0. The molecule has 0 saturated heterocycles. The molecule has 0 fully saturated rings. The summed E-state index contributed by atoms with van der Waals surface area (Å²) in [6.07, 6.45) is 3.59. The van der Waals surface area contributed by atoms with Gasteiger partial charge in [0.15, 0.2) is 0 Å². The molecular weight excluding hydrogens is 301 g/mol. The molecule has 3 heteroatoms. The van der Waals surface area contributed by atoms with Crippen molar-refractivity contribution in [1.29, 1.82) is 0 Å². The smallest absolute Gasteiger partial charge is 0.133 e. The molecule has 0 aliphatic heterocycles. The number of phenolic OH excluding ortho intramolecular Hbond substituents is 1. The fraction of sp³-hybridized carbons (Fsp3) is 0.500. The Labute approximate surface area is 104 Å². The Morgan fingerprint density at radius 3 is 3.00 bits per heavy atom. The number of nitrogens with two attached hydrogens (primary N) is 1. The van der Waals surface area contributed by atoms with Crippen LogP contribution in [0.25, 0.3) is 0 Å². The zero-order valence-electron chi connectivity index (χ0n) is 8.89. The van der Waals surface area contributed by atoms with Gasteiger partial charge in [0.05, 0.1) is 3.57 Å². The standard InChI is InChI=1S/C12H16INO/c1-7-3-2-4-8-5-10(13)12(15)9(6-14)11(7)8/h5,7,15H,2-4,6,14H2,1H3. The number of phenols is 1. The Kier molecular flexibility index (Phi) is 3.21. The van der Waals surface area contributed by atoms with E-state index in [1.54, 1.807) is 0 Å². The molecule has 0 saturated carbocycles. The molecule has 0 bridgehead atoms. The maximum Gasteiger partial charge on any atom is 0.133 e. The third kappa shape index (κ3) is 1.87. The normalized spacial score (nSPS) is 20.1. The number of benzene rings is 1. The number of rotatable bonds is 1. The summed E-state index contributed by atoms with van der Waals surface area (Å²) in [5.74, 6) is 0.931. The van der Waals surface area contributed by atoms with Gasteiger partial charge >= 0.3 is 0 Å². The van der Waals surface area contributed by atoms with E-state index in [0.717, 1.165) is 15.6 Å². The number of halogens is 1. The van der Waals surface area contributed by atoms with E-state index < -0.39 is 0 Å². The second kappa shape index (κ2) is 4.29. The Morgan fingerprint density at radius 1 is 1.60 bits per heavy atom. The number of fused-ring (bicyclic) bond motifs is 1. The third-order valence-corrected chi connectivity index (χ3v) is 4.09. The SMILES string of the molecule is CC1CCCc2cc(I)c(O)c(CN)c21. The lowest BCUT2D eigenvalue weighted by atomic mass is 9.81. The molecule has 0 heterocycles. The first-order valence-corrected chi connectivity index (χ1v) is 6.46. The third-order valence-electron chi connectivity index (χ3n) is 3.26. The van der Waals surface area contributed by atoms with Gasteiger partial charge in [0.1, 0.15) is 5.75 Å². The van der Waals surface area contributed by atoms with Crippen molar-refractivity contribution in [3.05, 3.63) is 26.3 Å². The highest BCUT2D eigenvalue weighted by molar-refractivity contribution is 14.1. The van der Waals surface area contributed by atoms with Crippen molar-refractivity contribution in [2.75, 3.05) is 0 Å². The molecule has 1 aromatic rings. The Hall–Kier alpha value is -0.290. The van der Waals surface area contributed by atoms with Gasteiger partial charge in [-0.05, 0) is 65.0 Å². The van der Waals surface area contributed by atoms with Crippen molar-refractivity contribution in [2.45, 2.75) is 38.6 Å². The zero-order chi connectivity index (χ0) is 11.0. The molecule has 1 aromatic carbocycles. The van der Waals surface area contributed by atoms with Crippen LogP contribution in [0, 0.1) is 3.57 Å². The zero-order valence-corrected chi connectivity index (χ0v) is 11.0. The van der Waals surface area contributed by atoms with Gasteiger partial charge < -0.3 is 10.8 Å². The van der Waals surface area contributed by atoms with Crippen LogP contribution in [0.5, 0.6) is 5.75 Å². The topological polar surface area (TPSA) is 46.2 Å².